The van der Waals surface area contributed by atoms with Gasteiger partial charge in [0.05, 0.1) is 17.5 Å². The smallest absolute Gasteiger partial charge is 0.230 e. The molecule has 0 fully saturated rings. The summed E-state index contributed by atoms with van der Waals surface area (Å²) in [5, 5.41) is 17.7. The second-order valence-electron chi connectivity index (χ2n) is 6.39. The maximum atomic E-state index is 12.4. The van der Waals surface area contributed by atoms with Crippen LogP contribution in [0.3, 0.4) is 0 Å². The normalized spacial score (nSPS) is 12.0. The highest BCUT2D eigenvalue weighted by Gasteiger charge is 2.14. The lowest BCUT2D eigenvalue weighted by molar-refractivity contribution is -0.119. The number of hydrogen-bond donors (Lipinski definition) is 1. The number of tetrazole rings is 1. The van der Waals surface area contributed by atoms with Gasteiger partial charge in [0.15, 0.2) is 0 Å². The van der Waals surface area contributed by atoms with E-state index in [1.54, 1.807) is 4.68 Å². The molecular formula is C21H19N5OS. The predicted octanol–water partition coefficient (Wildman–Crippen LogP) is 3.79. The molecule has 1 amide bonds. The maximum absolute atomic E-state index is 12.4. The predicted molar refractivity (Wildman–Crippen MR) is 110 cm³/mol. The number of nitrogens with zero attached hydrogens (tertiary/aromatic N) is 4. The van der Waals surface area contributed by atoms with Crippen molar-refractivity contribution in [1.82, 2.24) is 25.5 Å². The van der Waals surface area contributed by atoms with Gasteiger partial charge < -0.3 is 5.32 Å². The highest BCUT2D eigenvalue weighted by molar-refractivity contribution is 7.99. The molecule has 0 saturated carbocycles. The first-order valence-corrected chi connectivity index (χ1v) is 9.94. The molecule has 0 saturated heterocycles. The molecule has 140 valence electrons. The Hall–Kier alpha value is -3.19. The average Bonchev–Trinajstić information content (AvgIpc) is 3.21. The molecule has 1 aromatic heterocycles. The van der Waals surface area contributed by atoms with E-state index in [0.29, 0.717) is 5.16 Å². The molecule has 0 bridgehead atoms. The van der Waals surface area contributed by atoms with Crippen molar-refractivity contribution in [3.63, 3.8) is 0 Å². The van der Waals surface area contributed by atoms with Crippen LogP contribution in [0.4, 0.5) is 0 Å². The summed E-state index contributed by atoms with van der Waals surface area (Å²) in [7, 11) is 0. The molecule has 4 rings (SSSR count). The topological polar surface area (TPSA) is 72.7 Å². The van der Waals surface area contributed by atoms with Gasteiger partial charge in [-0.05, 0) is 51.9 Å². The monoisotopic (exact) mass is 389 g/mol. The lowest BCUT2D eigenvalue weighted by Gasteiger charge is -2.15. The molecule has 1 N–H and O–H groups in total. The van der Waals surface area contributed by atoms with Crippen LogP contribution in [-0.4, -0.2) is 31.9 Å². The summed E-state index contributed by atoms with van der Waals surface area (Å²) in [4.78, 5) is 12.4. The number of fused-ring (bicyclic) bond motifs is 1. The highest BCUT2D eigenvalue weighted by atomic mass is 32.2. The second kappa shape index (κ2) is 8.22. The number of amides is 1. The third-order valence-electron chi connectivity index (χ3n) is 4.43. The molecule has 4 aromatic rings. The molecule has 3 aromatic carbocycles. The fraction of sp³-hybridized carbons (Fsp3) is 0.143. The third kappa shape index (κ3) is 4.04. The number of aromatic nitrogens is 4. The minimum Gasteiger partial charge on any atom is -0.349 e. The van der Waals surface area contributed by atoms with Gasteiger partial charge in [-0.2, -0.15) is 4.68 Å². The zero-order valence-electron chi connectivity index (χ0n) is 15.3. The van der Waals surface area contributed by atoms with Crippen molar-refractivity contribution in [3.8, 4) is 5.69 Å². The van der Waals surface area contributed by atoms with Crippen LogP contribution in [0.15, 0.2) is 78.0 Å². The Morgan fingerprint density at radius 3 is 2.61 bits per heavy atom. The van der Waals surface area contributed by atoms with Gasteiger partial charge in [0.2, 0.25) is 11.1 Å². The minimum absolute atomic E-state index is 0.0618. The molecular weight excluding hydrogens is 370 g/mol. The molecule has 0 spiro atoms. The van der Waals surface area contributed by atoms with Crippen LogP contribution in [0, 0.1) is 0 Å². The van der Waals surface area contributed by atoms with E-state index < -0.39 is 0 Å². The number of nitrogens with one attached hydrogen (secondary N) is 1. The zero-order valence-corrected chi connectivity index (χ0v) is 16.1. The van der Waals surface area contributed by atoms with E-state index in [1.165, 1.54) is 17.1 Å². The van der Waals surface area contributed by atoms with Crippen molar-refractivity contribution in [2.45, 2.75) is 18.1 Å². The molecule has 0 aliphatic carbocycles. The minimum atomic E-state index is -0.0807. The zero-order chi connectivity index (χ0) is 19.3. The SMILES string of the molecule is CC(NC(=O)CSc1nnnn1-c1ccccc1)c1ccc2ccccc2c1. The standard InChI is InChI=1S/C21H19N5OS/c1-15(17-12-11-16-7-5-6-8-18(16)13-17)22-20(27)14-28-21-23-24-25-26(21)19-9-3-2-4-10-19/h2-13,15H,14H2,1H3,(H,22,27). The van der Waals surface area contributed by atoms with Gasteiger partial charge in [-0.15, -0.1) is 5.10 Å². The summed E-state index contributed by atoms with van der Waals surface area (Å²) in [6, 6.07) is 24.0. The van der Waals surface area contributed by atoms with E-state index in [2.05, 4.69) is 51.2 Å². The van der Waals surface area contributed by atoms with Crippen molar-refractivity contribution in [2.75, 3.05) is 5.75 Å². The molecule has 1 atom stereocenters. The van der Waals surface area contributed by atoms with E-state index in [1.807, 2.05) is 49.4 Å². The van der Waals surface area contributed by atoms with Crippen LogP contribution < -0.4 is 5.32 Å². The van der Waals surface area contributed by atoms with E-state index in [-0.39, 0.29) is 17.7 Å². The van der Waals surface area contributed by atoms with Crippen molar-refractivity contribution in [3.05, 3.63) is 78.4 Å². The largest absolute Gasteiger partial charge is 0.349 e. The second-order valence-corrected chi connectivity index (χ2v) is 7.34. The lowest BCUT2D eigenvalue weighted by atomic mass is 10.0. The number of thioether (sulfide) groups is 1. The van der Waals surface area contributed by atoms with Crippen LogP contribution in [0.2, 0.25) is 0 Å². The van der Waals surface area contributed by atoms with Gasteiger partial charge in [0, 0.05) is 0 Å². The van der Waals surface area contributed by atoms with Gasteiger partial charge in [-0.3, -0.25) is 4.79 Å². The van der Waals surface area contributed by atoms with E-state index in [9.17, 15) is 4.79 Å². The number of benzene rings is 3. The average molecular weight is 389 g/mol. The maximum Gasteiger partial charge on any atom is 0.230 e. The summed E-state index contributed by atoms with van der Waals surface area (Å²) in [6.45, 7) is 1.99. The quantitative estimate of drug-likeness (QED) is 0.508. The number of carbonyl (C=O) groups excluding carboxylic acids is 1. The van der Waals surface area contributed by atoms with Gasteiger partial charge >= 0.3 is 0 Å². The Morgan fingerprint density at radius 2 is 1.79 bits per heavy atom. The van der Waals surface area contributed by atoms with Gasteiger partial charge in [-0.1, -0.05) is 66.4 Å². The number of rotatable bonds is 6. The molecule has 0 aliphatic heterocycles. The van der Waals surface area contributed by atoms with Crippen LogP contribution >= 0.6 is 11.8 Å². The Kier molecular flexibility index (Phi) is 5.34. The number of hydrogen-bond acceptors (Lipinski definition) is 5. The van der Waals surface area contributed by atoms with Crippen molar-refractivity contribution in [2.24, 2.45) is 0 Å². The van der Waals surface area contributed by atoms with Crippen molar-refractivity contribution < 1.29 is 4.79 Å². The van der Waals surface area contributed by atoms with E-state index >= 15 is 0 Å². The lowest BCUT2D eigenvalue weighted by Crippen LogP contribution is -2.28. The molecule has 1 heterocycles. The van der Waals surface area contributed by atoms with Crippen LogP contribution in [0.25, 0.3) is 16.5 Å². The summed E-state index contributed by atoms with van der Waals surface area (Å²) in [5.41, 5.74) is 1.94. The molecule has 0 aliphatic rings. The summed E-state index contributed by atoms with van der Waals surface area (Å²) < 4.78 is 1.63. The summed E-state index contributed by atoms with van der Waals surface area (Å²) in [5.74, 6) is 0.179. The first-order chi connectivity index (χ1) is 13.7. The Labute approximate surface area is 167 Å². The van der Waals surface area contributed by atoms with Crippen LogP contribution in [0.5, 0.6) is 0 Å². The third-order valence-corrected chi connectivity index (χ3v) is 5.34. The Bertz CT molecular complexity index is 1100. The van der Waals surface area contributed by atoms with Gasteiger partial charge in [-0.25, -0.2) is 0 Å². The number of carbonyl (C=O) groups is 1. The molecule has 6 nitrogen and oxygen atoms in total. The molecule has 7 heteroatoms. The molecule has 28 heavy (non-hydrogen) atoms. The Balaban J connectivity index is 1.39. The van der Waals surface area contributed by atoms with Crippen LogP contribution in [-0.2, 0) is 4.79 Å². The summed E-state index contributed by atoms with van der Waals surface area (Å²) in [6.07, 6.45) is 0. The van der Waals surface area contributed by atoms with Crippen molar-refractivity contribution >= 4 is 28.4 Å². The summed E-state index contributed by atoms with van der Waals surface area (Å²) >= 11 is 1.31. The van der Waals surface area contributed by atoms with Gasteiger partial charge in [0.25, 0.3) is 0 Å². The fourth-order valence-electron chi connectivity index (χ4n) is 2.97. The Morgan fingerprint density at radius 1 is 1.04 bits per heavy atom. The van der Waals surface area contributed by atoms with E-state index in [4.69, 9.17) is 0 Å². The highest BCUT2D eigenvalue weighted by Crippen LogP contribution is 2.21. The molecule has 0 radical (unpaired) electrons. The first kappa shape index (κ1) is 18.2. The fourth-order valence-corrected chi connectivity index (χ4v) is 3.68. The van der Waals surface area contributed by atoms with Gasteiger partial charge in [0.1, 0.15) is 0 Å². The van der Waals surface area contributed by atoms with Crippen LogP contribution in [0.1, 0.15) is 18.5 Å². The number of para-hydroxylation sites is 1. The first-order valence-electron chi connectivity index (χ1n) is 8.95. The molecule has 1 unspecified atom stereocenters. The van der Waals surface area contributed by atoms with Crippen molar-refractivity contribution in [1.29, 1.82) is 0 Å². The van der Waals surface area contributed by atoms with E-state index in [0.717, 1.165) is 16.6 Å².